The molecule has 22 heavy (non-hydrogen) atoms. The quantitative estimate of drug-likeness (QED) is 0.633. The lowest BCUT2D eigenvalue weighted by atomic mass is 10.3. The summed E-state index contributed by atoms with van der Waals surface area (Å²) < 4.78 is -0.444. The van der Waals surface area contributed by atoms with Gasteiger partial charge in [-0.25, -0.2) is 5.01 Å². The standard InChI is InChI=1S/C12H8Cl3N3O3S/c13-9(11(14)15)10(18(20)21)12-17(8(19)6-22-12)16-7-4-2-1-3-5-7/h1-5,16H,6H2/b12-10+. The molecule has 0 saturated carbocycles. The molecule has 6 nitrogen and oxygen atoms in total. The predicted molar refractivity (Wildman–Crippen MR) is 88.0 cm³/mol. The second-order valence-electron chi connectivity index (χ2n) is 3.98. The highest BCUT2D eigenvalue weighted by Crippen LogP contribution is 2.37. The molecule has 0 aliphatic carbocycles. The lowest BCUT2D eigenvalue weighted by Gasteiger charge is -2.19. The molecule has 1 aliphatic rings. The van der Waals surface area contributed by atoms with E-state index in [2.05, 4.69) is 5.43 Å². The minimum absolute atomic E-state index is 0.0302. The van der Waals surface area contributed by atoms with E-state index in [1.165, 1.54) is 0 Å². The van der Waals surface area contributed by atoms with Gasteiger partial charge in [-0.1, -0.05) is 64.8 Å². The fourth-order valence-electron chi connectivity index (χ4n) is 1.64. The van der Waals surface area contributed by atoms with Crippen LogP contribution in [0.2, 0.25) is 0 Å². The van der Waals surface area contributed by atoms with Crippen LogP contribution < -0.4 is 5.43 Å². The van der Waals surface area contributed by atoms with Crippen molar-refractivity contribution in [1.29, 1.82) is 0 Å². The number of nitro groups is 1. The number of nitrogens with zero attached hydrogens (tertiary/aromatic N) is 2. The van der Waals surface area contributed by atoms with Crippen LogP contribution in [0.4, 0.5) is 5.69 Å². The van der Waals surface area contributed by atoms with Gasteiger partial charge in [0, 0.05) is 0 Å². The second-order valence-corrected chi connectivity index (χ2v) is 6.27. The van der Waals surface area contributed by atoms with Crippen LogP contribution in [0.15, 0.2) is 50.6 Å². The number of nitrogens with one attached hydrogen (secondary N) is 1. The third-order valence-corrected chi connectivity index (χ3v) is 4.54. The molecule has 0 aromatic heterocycles. The van der Waals surface area contributed by atoms with Crippen molar-refractivity contribution >= 4 is 58.2 Å². The van der Waals surface area contributed by atoms with Gasteiger partial charge in [0.2, 0.25) is 0 Å². The van der Waals surface area contributed by atoms with E-state index in [0.29, 0.717) is 5.69 Å². The molecule has 1 aliphatic heterocycles. The number of hydrazine groups is 1. The maximum Gasteiger partial charge on any atom is 0.322 e. The highest BCUT2D eigenvalue weighted by Gasteiger charge is 2.37. The highest BCUT2D eigenvalue weighted by molar-refractivity contribution is 8.04. The first-order valence-corrected chi connectivity index (χ1v) is 7.91. The Morgan fingerprint density at radius 2 is 1.91 bits per heavy atom. The van der Waals surface area contributed by atoms with Crippen molar-refractivity contribution < 1.29 is 9.72 Å². The number of rotatable bonds is 4. The Kier molecular flexibility index (Phi) is 5.57. The fraction of sp³-hybridized carbons (Fsp3) is 0.0833. The van der Waals surface area contributed by atoms with Gasteiger partial charge in [-0.05, 0) is 12.1 Å². The molecule has 0 unspecified atom stereocenters. The van der Waals surface area contributed by atoms with Crippen molar-refractivity contribution in [2.24, 2.45) is 0 Å². The molecule has 0 atom stereocenters. The molecule has 2 rings (SSSR count). The number of para-hydroxylation sites is 1. The van der Waals surface area contributed by atoms with Crippen LogP contribution >= 0.6 is 46.6 Å². The fourth-order valence-corrected chi connectivity index (χ4v) is 3.02. The summed E-state index contributed by atoms with van der Waals surface area (Å²) in [4.78, 5) is 22.5. The highest BCUT2D eigenvalue weighted by atomic mass is 35.5. The first-order chi connectivity index (χ1) is 10.4. The summed E-state index contributed by atoms with van der Waals surface area (Å²) in [5, 5.41) is 11.9. The summed E-state index contributed by atoms with van der Waals surface area (Å²) in [5.41, 5.74) is 2.87. The van der Waals surface area contributed by atoms with Crippen molar-refractivity contribution in [3.63, 3.8) is 0 Å². The normalized spacial score (nSPS) is 16.5. The number of thioether (sulfide) groups is 1. The van der Waals surface area contributed by atoms with Crippen molar-refractivity contribution in [1.82, 2.24) is 5.01 Å². The van der Waals surface area contributed by atoms with Gasteiger partial charge in [-0.3, -0.25) is 20.3 Å². The molecule has 1 heterocycles. The van der Waals surface area contributed by atoms with Gasteiger partial charge in [-0.2, -0.15) is 0 Å². The Morgan fingerprint density at radius 3 is 2.45 bits per heavy atom. The molecule has 1 fully saturated rings. The zero-order valence-corrected chi connectivity index (χ0v) is 13.8. The monoisotopic (exact) mass is 379 g/mol. The van der Waals surface area contributed by atoms with Crippen LogP contribution in [0.3, 0.4) is 0 Å². The van der Waals surface area contributed by atoms with E-state index in [1.54, 1.807) is 30.3 Å². The molecule has 0 radical (unpaired) electrons. The van der Waals surface area contributed by atoms with Crippen molar-refractivity contribution in [2.45, 2.75) is 0 Å². The zero-order valence-electron chi connectivity index (χ0n) is 10.8. The maximum absolute atomic E-state index is 12.0. The molecule has 116 valence electrons. The smallest absolute Gasteiger partial charge is 0.291 e. The average molecular weight is 381 g/mol. The van der Waals surface area contributed by atoms with E-state index < -0.39 is 20.1 Å². The molecule has 1 N–H and O–H groups in total. The van der Waals surface area contributed by atoms with Crippen LogP contribution in [0.5, 0.6) is 0 Å². The molecule has 1 amide bonds. The molecule has 1 aromatic rings. The van der Waals surface area contributed by atoms with E-state index in [1.807, 2.05) is 0 Å². The van der Waals surface area contributed by atoms with Crippen molar-refractivity contribution in [3.05, 3.63) is 60.7 Å². The van der Waals surface area contributed by atoms with E-state index in [4.69, 9.17) is 34.8 Å². The van der Waals surface area contributed by atoms with Gasteiger partial charge in [-0.15, -0.1) is 0 Å². The molecular formula is C12H8Cl3N3O3S. The zero-order chi connectivity index (χ0) is 16.3. The lowest BCUT2D eigenvalue weighted by molar-refractivity contribution is -0.421. The van der Waals surface area contributed by atoms with Gasteiger partial charge < -0.3 is 0 Å². The SMILES string of the molecule is O=C1CS/C(=C(\C(Cl)=C(Cl)Cl)[N+](=O)[O-])N1Nc1ccccc1. The van der Waals surface area contributed by atoms with Crippen LogP contribution in [0.1, 0.15) is 0 Å². The van der Waals surface area contributed by atoms with E-state index in [0.717, 1.165) is 16.8 Å². The number of allylic oxidation sites excluding steroid dienone is 1. The van der Waals surface area contributed by atoms with Gasteiger partial charge in [0.05, 0.1) is 16.4 Å². The van der Waals surface area contributed by atoms with Crippen LogP contribution in [-0.2, 0) is 4.79 Å². The third-order valence-electron chi connectivity index (χ3n) is 2.56. The first kappa shape index (κ1) is 17.0. The summed E-state index contributed by atoms with van der Waals surface area (Å²) in [6.07, 6.45) is 0. The molecule has 1 saturated heterocycles. The van der Waals surface area contributed by atoms with Crippen LogP contribution in [0.25, 0.3) is 0 Å². The van der Waals surface area contributed by atoms with Gasteiger partial charge in [0.25, 0.3) is 5.91 Å². The molecule has 1 aromatic carbocycles. The largest absolute Gasteiger partial charge is 0.322 e. The first-order valence-electron chi connectivity index (χ1n) is 5.79. The third kappa shape index (κ3) is 3.67. The molecular weight excluding hydrogens is 373 g/mol. The lowest BCUT2D eigenvalue weighted by Crippen LogP contribution is -2.32. The van der Waals surface area contributed by atoms with E-state index in [-0.39, 0.29) is 16.7 Å². The summed E-state index contributed by atoms with van der Waals surface area (Å²) in [6.45, 7) is 0. The number of amides is 1. The van der Waals surface area contributed by atoms with Gasteiger partial charge in [0.1, 0.15) is 4.49 Å². The predicted octanol–water partition coefficient (Wildman–Crippen LogP) is 3.92. The summed E-state index contributed by atoms with van der Waals surface area (Å²) >= 11 is 17.8. The van der Waals surface area contributed by atoms with E-state index in [9.17, 15) is 14.9 Å². The van der Waals surface area contributed by atoms with Crippen LogP contribution in [-0.4, -0.2) is 21.6 Å². The van der Waals surface area contributed by atoms with Gasteiger partial charge >= 0.3 is 5.70 Å². The van der Waals surface area contributed by atoms with Crippen molar-refractivity contribution in [3.8, 4) is 0 Å². The van der Waals surface area contributed by atoms with Crippen LogP contribution in [0, 0.1) is 10.1 Å². The summed E-state index contributed by atoms with van der Waals surface area (Å²) in [6, 6.07) is 8.75. The average Bonchev–Trinajstić information content (AvgIpc) is 2.81. The number of hydrogen-bond acceptors (Lipinski definition) is 5. The van der Waals surface area contributed by atoms with Gasteiger partial charge in [0.15, 0.2) is 10.1 Å². The van der Waals surface area contributed by atoms with Crippen molar-refractivity contribution in [2.75, 3.05) is 11.2 Å². The Bertz CT molecular complexity index is 675. The maximum atomic E-state index is 12.0. The Balaban J connectivity index is 2.46. The minimum atomic E-state index is -0.728. The number of anilines is 1. The number of halogens is 3. The Labute approximate surface area is 144 Å². The minimum Gasteiger partial charge on any atom is -0.291 e. The Hall–Kier alpha value is -1.41. The number of carbonyl (C=O) groups excluding carboxylic acids is 1. The van der Waals surface area contributed by atoms with E-state index >= 15 is 0 Å². The summed E-state index contributed by atoms with van der Waals surface area (Å²) in [7, 11) is 0. The topological polar surface area (TPSA) is 75.5 Å². The number of hydrogen-bond donors (Lipinski definition) is 1. The molecule has 10 heteroatoms. The second kappa shape index (κ2) is 7.23. The number of benzene rings is 1. The molecule has 0 bridgehead atoms. The summed E-state index contributed by atoms with van der Waals surface area (Å²) in [5.74, 6) is -0.310. The molecule has 0 spiro atoms. The Morgan fingerprint density at radius 1 is 1.27 bits per heavy atom. The number of carbonyl (C=O) groups is 1.